The number of para-hydroxylation sites is 1. The molecule has 2 aromatic heterocycles. The van der Waals surface area contributed by atoms with Crippen LogP contribution in [0.2, 0.25) is 0 Å². The normalized spacial score (nSPS) is 11.7. The fraction of sp³-hybridized carbons (Fsp3) is 0.241. The van der Waals surface area contributed by atoms with E-state index in [0.29, 0.717) is 29.0 Å². The summed E-state index contributed by atoms with van der Waals surface area (Å²) in [5.41, 5.74) is 4.24. The van der Waals surface area contributed by atoms with E-state index in [9.17, 15) is 4.79 Å². The lowest BCUT2D eigenvalue weighted by molar-refractivity contribution is 0.301. The highest BCUT2D eigenvalue weighted by atomic mass is 16.5. The van der Waals surface area contributed by atoms with E-state index >= 15 is 0 Å². The molecule has 3 aromatic carbocycles. The van der Waals surface area contributed by atoms with E-state index in [1.54, 1.807) is 15.3 Å². The van der Waals surface area contributed by atoms with E-state index in [0.717, 1.165) is 23.5 Å². The second-order valence-corrected chi connectivity index (χ2v) is 9.54. The van der Waals surface area contributed by atoms with Crippen molar-refractivity contribution < 1.29 is 4.74 Å². The summed E-state index contributed by atoms with van der Waals surface area (Å²) >= 11 is 0. The van der Waals surface area contributed by atoms with Crippen LogP contribution in [0, 0.1) is 6.92 Å². The molecule has 0 spiro atoms. The number of hydrogen-bond donors (Lipinski definition) is 0. The zero-order valence-electron chi connectivity index (χ0n) is 21.0. The van der Waals surface area contributed by atoms with Gasteiger partial charge in [0.1, 0.15) is 23.9 Å². The number of aromatic nitrogens is 5. The average Bonchev–Trinajstić information content (AvgIpc) is 3.37. The summed E-state index contributed by atoms with van der Waals surface area (Å²) in [7, 11) is 0. The van der Waals surface area contributed by atoms with Gasteiger partial charge >= 0.3 is 0 Å². The van der Waals surface area contributed by atoms with Gasteiger partial charge in [-0.15, -0.1) is 5.10 Å². The summed E-state index contributed by atoms with van der Waals surface area (Å²) in [6.45, 7) is 8.82. The van der Waals surface area contributed by atoms with E-state index in [2.05, 4.69) is 48.2 Å². The van der Waals surface area contributed by atoms with Crippen LogP contribution in [-0.4, -0.2) is 24.5 Å². The van der Waals surface area contributed by atoms with E-state index in [1.807, 2.05) is 67.7 Å². The molecule has 0 aliphatic rings. The Morgan fingerprint density at radius 3 is 2.47 bits per heavy atom. The highest BCUT2D eigenvalue weighted by molar-refractivity contribution is 5.77. The number of hydrogen-bond acceptors (Lipinski definition) is 5. The molecule has 0 saturated carbocycles. The van der Waals surface area contributed by atoms with Crippen LogP contribution in [0.5, 0.6) is 5.75 Å². The molecule has 0 amide bonds. The molecule has 7 nitrogen and oxygen atoms in total. The number of rotatable bonds is 7. The quantitative estimate of drug-likeness (QED) is 0.306. The van der Waals surface area contributed by atoms with Crippen LogP contribution in [0.3, 0.4) is 0 Å². The Kier molecular flexibility index (Phi) is 6.14. The minimum atomic E-state index is -0.101. The lowest BCUT2D eigenvalue weighted by Gasteiger charge is -2.23. The predicted molar refractivity (Wildman–Crippen MR) is 141 cm³/mol. The SMILES string of the molecule is CCC(C)(C)c1ccc(OCc2cn(-c3cccc(-n4c(C)nc5ccccc5c4=O)c3)nn2)cc1. The van der Waals surface area contributed by atoms with Crippen molar-refractivity contribution in [2.45, 2.75) is 46.1 Å². The van der Waals surface area contributed by atoms with Crippen LogP contribution in [0.15, 0.2) is 83.8 Å². The summed E-state index contributed by atoms with van der Waals surface area (Å²) in [6.07, 6.45) is 2.91. The minimum Gasteiger partial charge on any atom is -0.487 e. The molecule has 0 unspecified atom stereocenters. The molecule has 0 atom stereocenters. The van der Waals surface area contributed by atoms with Gasteiger partial charge in [0.15, 0.2) is 0 Å². The first kappa shape index (κ1) is 23.5. The number of aryl methyl sites for hydroxylation is 1. The van der Waals surface area contributed by atoms with Crippen LogP contribution in [0.4, 0.5) is 0 Å². The zero-order valence-corrected chi connectivity index (χ0v) is 21.0. The van der Waals surface area contributed by atoms with Crippen LogP contribution >= 0.6 is 0 Å². The maximum Gasteiger partial charge on any atom is 0.265 e. The first-order valence-electron chi connectivity index (χ1n) is 12.1. The topological polar surface area (TPSA) is 74.8 Å². The maximum absolute atomic E-state index is 13.2. The second kappa shape index (κ2) is 9.41. The van der Waals surface area contributed by atoms with Gasteiger partial charge in [0.2, 0.25) is 0 Å². The molecule has 0 saturated heterocycles. The first-order chi connectivity index (χ1) is 17.4. The molecule has 36 heavy (non-hydrogen) atoms. The number of ether oxygens (including phenoxy) is 1. The van der Waals surface area contributed by atoms with Gasteiger partial charge < -0.3 is 4.74 Å². The Balaban J connectivity index is 1.36. The molecule has 5 aromatic rings. The van der Waals surface area contributed by atoms with Gasteiger partial charge in [0.25, 0.3) is 5.56 Å². The van der Waals surface area contributed by atoms with Crippen molar-refractivity contribution in [2.24, 2.45) is 0 Å². The van der Waals surface area contributed by atoms with Crippen molar-refractivity contribution in [3.8, 4) is 17.1 Å². The monoisotopic (exact) mass is 479 g/mol. The maximum atomic E-state index is 13.2. The molecular formula is C29H29N5O2. The lowest BCUT2D eigenvalue weighted by atomic mass is 9.82. The number of fused-ring (bicyclic) bond motifs is 1. The van der Waals surface area contributed by atoms with Gasteiger partial charge in [-0.25, -0.2) is 9.67 Å². The molecule has 0 radical (unpaired) electrons. The Morgan fingerprint density at radius 2 is 1.69 bits per heavy atom. The highest BCUT2D eigenvalue weighted by Gasteiger charge is 2.17. The molecule has 0 aliphatic heterocycles. The molecule has 182 valence electrons. The summed E-state index contributed by atoms with van der Waals surface area (Å²) in [6, 6.07) is 23.2. The number of benzene rings is 3. The summed E-state index contributed by atoms with van der Waals surface area (Å²) < 4.78 is 9.24. The highest BCUT2D eigenvalue weighted by Crippen LogP contribution is 2.28. The molecular weight excluding hydrogens is 450 g/mol. The fourth-order valence-corrected chi connectivity index (χ4v) is 4.18. The van der Waals surface area contributed by atoms with Crippen LogP contribution in [0.25, 0.3) is 22.3 Å². The Morgan fingerprint density at radius 1 is 0.944 bits per heavy atom. The van der Waals surface area contributed by atoms with E-state index < -0.39 is 0 Å². The summed E-state index contributed by atoms with van der Waals surface area (Å²) in [5, 5.41) is 9.12. The smallest absolute Gasteiger partial charge is 0.265 e. The fourth-order valence-electron chi connectivity index (χ4n) is 4.18. The average molecular weight is 480 g/mol. The van der Waals surface area contributed by atoms with Crippen LogP contribution in [0.1, 0.15) is 44.3 Å². The molecule has 0 bridgehead atoms. The first-order valence-corrected chi connectivity index (χ1v) is 12.1. The van der Waals surface area contributed by atoms with E-state index in [4.69, 9.17) is 4.74 Å². The van der Waals surface area contributed by atoms with Gasteiger partial charge in [-0.05, 0) is 66.8 Å². The Bertz CT molecular complexity index is 1580. The third-order valence-electron chi connectivity index (χ3n) is 6.74. The van der Waals surface area contributed by atoms with Crippen LogP contribution < -0.4 is 10.3 Å². The summed E-state index contributed by atoms with van der Waals surface area (Å²) in [5.74, 6) is 1.41. The van der Waals surface area contributed by atoms with Gasteiger partial charge in [-0.1, -0.05) is 56.3 Å². The van der Waals surface area contributed by atoms with Crippen LogP contribution in [-0.2, 0) is 12.0 Å². The van der Waals surface area contributed by atoms with Crippen molar-refractivity contribution in [1.29, 1.82) is 0 Å². The standard InChI is InChI=1S/C29H29N5O2/c1-5-29(3,4)21-13-15-25(16-14-21)36-19-22-18-33(32-31-22)23-9-8-10-24(17-23)34-20(2)30-27-12-7-6-11-26(27)28(34)35/h6-18H,5,19H2,1-4H3. The molecule has 5 rings (SSSR count). The van der Waals surface area contributed by atoms with E-state index in [-0.39, 0.29) is 11.0 Å². The van der Waals surface area contributed by atoms with Crippen molar-refractivity contribution in [3.05, 3.63) is 106 Å². The van der Waals surface area contributed by atoms with Crippen molar-refractivity contribution >= 4 is 10.9 Å². The Labute approximate surface area is 210 Å². The van der Waals surface area contributed by atoms with Gasteiger partial charge in [0.05, 0.1) is 28.5 Å². The van der Waals surface area contributed by atoms with Gasteiger partial charge in [0, 0.05) is 0 Å². The third kappa shape index (κ3) is 4.52. The second-order valence-electron chi connectivity index (χ2n) is 9.54. The third-order valence-corrected chi connectivity index (χ3v) is 6.74. The van der Waals surface area contributed by atoms with Gasteiger partial charge in [-0.2, -0.15) is 0 Å². The zero-order chi connectivity index (χ0) is 25.3. The van der Waals surface area contributed by atoms with E-state index in [1.165, 1.54) is 5.56 Å². The van der Waals surface area contributed by atoms with Crippen molar-refractivity contribution in [3.63, 3.8) is 0 Å². The minimum absolute atomic E-state index is 0.101. The van der Waals surface area contributed by atoms with Crippen molar-refractivity contribution in [1.82, 2.24) is 24.5 Å². The summed E-state index contributed by atoms with van der Waals surface area (Å²) in [4.78, 5) is 17.8. The van der Waals surface area contributed by atoms with Crippen molar-refractivity contribution in [2.75, 3.05) is 0 Å². The molecule has 0 N–H and O–H groups in total. The number of nitrogens with zero attached hydrogens (tertiary/aromatic N) is 5. The van der Waals surface area contributed by atoms with Gasteiger partial charge in [-0.3, -0.25) is 9.36 Å². The molecule has 0 aliphatic carbocycles. The lowest BCUT2D eigenvalue weighted by Crippen LogP contribution is -2.22. The molecule has 7 heteroatoms. The largest absolute Gasteiger partial charge is 0.487 e. The predicted octanol–water partition coefficient (Wildman–Crippen LogP) is 5.54. The Hall–Kier alpha value is -4.26. The molecule has 2 heterocycles. The molecule has 0 fully saturated rings.